The van der Waals surface area contributed by atoms with Crippen molar-refractivity contribution in [2.75, 3.05) is 0 Å². The molecule has 1 radical (unpaired) electrons. The molecule has 0 N–H and O–H groups in total. The van der Waals surface area contributed by atoms with Crippen molar-refractivity contribution in [2.45, 2.75) is 0 Å². The first kappa shape index (κ1) is 11.4. The minimum atomic E-state index is 1.12. The van der Waals surface area contributed by atoms with Crippen molar-refractivity contribution in [1.82, 2.24) is 0 Å². The van der Waals surface area contributed by atoms with Crippen LogP contribution in [0.25, 0.3) is 0 Å². The fourth-order valence-electron chi connectivity index (χ4n) is 0.467. The molecule has 0 heterocycles. The molecular weight excluding hydrogens is 281 g/mol. The standard InChI is InChI=1S/C6H4BrSe.C3H3N/c7-5-2-1-3-6(8)4-5;1-2-3-4/h1-4H;2H,1H2. The van der Waals surface area contributed by atoms with Crippen molar-refractivity contribution in [1.29, 1.82) is 5.26 Å². The molecule has 0 aliphatic rings. The van der Waals surface area contributed by atoms with E-state index in [0.29, 0.717) is 0 Å². The maximum atomic E-state index is 7.51. The van der Waals surface area contributed by atoms with Gasteiger partial charge in [0.15, 0.2) is 0 Å². The van der Waals surface area contributed by atoms with Crippen LogP contribution in [0, 0.1) is 11.3 Å². The average molecular weight is 288 g/mol. The first-order valence-corrected chi connectivity index (χ1v) is 4.78. The van der Waals surface area contributed by atoms with Crippen molar-refractivity contribution in [3.05, 3.63) is 41.4 Å². The summed E-state index contributed by atoms with van der Waals surface area (Å²) in [6.45, 7) is 3.12. The molecule has 3 heteroatoms. The number of hydrogen-bond acceptors (Lipinski definition) is 1. The summed E-state index contributed by atoms with van der Waals surface area (Å²) in [4.78, 5) is 0. The maximum absolute atomic E-state index is 7.51. The summed E-state index contributed by atoms with van der Waals surface area (Å²) in [6, 6.07) is 9.74. The second-order valence-electron chi connectivity index (χ2n) is 1.79. The molecule has 1 aromatic carbocycles. The van der Waals surface area contributed by atoms with Crippen LogP contribution >= 0.6 is 15.9 Å². The van der Waals surface area contributed by atoms with Gasteiger partial charge in [0.2, 0.25) is 0 Å². The summed E-state index contributed by atoms with van der Waals surface area (Å²) in [5.41, 5.74) is 0. The Morgan fingerprint density at radius 2 is 2.17 bits per heavy atom. The third-order valence-electron chi connectivity index (χ3n) is 0.887. The van der Waals surface area contributed by atoms with Crippen LogP contribution in [-0.4, -0.2) is 16.0 Å². The first-order chi connectivity index (χ1) is 5.70. The molecule has 1 nitrogen and oxygen atoms in total. The molecule has 0 saturated heterocycles. The number of rotatable bonds is 0. The van der Waals surface area contributed by atoms with Crippen molar-refractivity contribution in [3.8, 4) is 6.07 Å². The Kier molecular flexibility index (Phi) is 6.79. The quantitative estimate of drug-likeness (QED) is 0.528. The topological polar surface area (TPSA) is 23.8 Å². The van der Waals surface area contributed by atoms with E-state index in [9.17, 15) is 0 Å². The summed E-state index contributed by atoms with van der Waals surface area (Å²) >= 11 is 6.25. The Bertz CT molecular complexity index is 274. The number of halogens is 1. The monoisotopic (exact) mass is 288 g/mol. The predicted molar refractivity (Wildman–Crippen MR) is 55.3 cm³/mol. The second kappa shape index (κ2) is 7.12. The van der Waals surface area contributed by atoms with Gasteiger partial charge in [0, 0.05) is 6.08 Å². The second-order valence-corrected chi connectivity index (χ2v) is 3.70. The molecule has 61 valence electrons. The number of hydrogen-bond donors (Lipinski definition) is 0. The number of benzene rings is 1. The van der Waals surface area contributed by atoms with E-state index in [2.05, 4.69) is 38.5 Å². The molecular formula is C9H7BrNSe. The van der Waals surface area contributed by atoms with E-state index < -0.39 is 0 Å². The van der Waals surface area contributed by atoms with Crippen LogP contribution < -0.4 is 4.46 Å². The Labute approximate surface area is 89.0 Å². The zero-order chi connectivity index (χ0) is 9.40. The molecule has 0 saturated carbocycles. The van der Waals surface area contributed by atoms with Gasteiger partial charge in [0.1, 0.15) is 0 Å². The van der Waals surface area contributed by atoms with Crippen molar-refractivity contribution < 1.29 is 0 Å². The van der Waals surface area contributed by atoms with Crippen LogP contribution in [0.15, 0.2) is 41.4 Å². The molecule has 1 aromatic rings. The van der Waals surface area contributed by atoms with E-state index in [1.165, 1.54) is 10.5 Å². The fourth-order valence-corrected chi connectivity index (χ4v) is 1.64. The predicted octanol–water partition coefficient (Wildman–Crippen LogP) is 1.94. The average Bonchev–Trinajstić information content (AvgIpc) is 2.04. The molecule has 0 spiro atoms. The van der Waals surface area contributed by atoms with Crippen LogP contribution in [0.1, 0.15) is 0 Å². The van der Waals surface area contributed by atoms with E-state index in [1.807, 2.05) is 24.3 Å². The summed E-state index contributed by atoms with van der Waals surface area (Å²) in [5.74, 6) is 0. The molecule has 1 rings (SSSR count). The Balaban J connectivity index is 0.000000261. The summed E-state index contributed by atoms with van der Waals surface area (Å²) in [5, 5.41) is 7.51. The van der Waals surface area contributed by atoms with Gasteiger partial charge in [0.25, 0.3) is 0 Å². The van der Waals surface area contributed by atoms with Gasteiger partial charge in [-0.2, -0.15) is 5.26 Å². The number of nitrogens with zero attached hydrogens (tertiary/aromatic N) is 1. The van der Waals surface area contributed by atoms with Crippen LogP contribution in [0.2, 0.25) is 0 Å². The zero-order valence-electron chi connectivity index (χ0n) is 6.33. The van der Waals surface area contributed by atoms with Crippen LogP contribution in [0.4, 0.5) is 0 Å². The molecule has 0 aliphatic heterocycles. The first-order valence-electron chi connectivity index (χ1n) is 3.14. The fraction of sp³-hybridized carbons (Fsp3) is 0. The van der Waals surface area contributed by atoms with Crippen molar-refractivity contribution >= 4 is 36.4 Å². The Morgan fingerprint density at radius 1 is 1.58 bits per heavy atom. The summed E-state index contributed by atoms with van der Waals surface area (Å²) < 4.78 is 2.29. The van der Waals surface area contributed by atoms with Crippen LogP contribution in [-0.2, 0) is 0 Å². The van der Waals surface area contributed by atoms with E-state index in [0.717, 1.165) is 4.47 Å². The van der Waals surface area contributed by atoms with Crippen molar-refractivity contribution in [2.24, 2.45) is 0 Å². The van der Waals surface area contributed by atoms with Gasteiger partial charge in [-0.25, -0.2) is 0 Å². The van der Waals surface area contributed by atoms with Gasteiger partial charge < -0.3 is 0 Å². The van der Waals surface area contributed by atoms with Gasteiger partial charge in [-0.3, -0.25) is 0 Å². The SMILES string of the molecule is C=CC#N.[Se]c1cccc(Br)c1. The molecule has 0 unspecified atom stereocenters. The summed E-state index contributed by atoms with van der Waals surface area (Å²) in [6.07, 6.45) is 1.18. The van der Waals surface area contributed by atoms with Gasteiger partial charge in [0.05, 0.1) is 6.07 Å². The Morgan fingerprint density at radius 3 is 2.42 bits per heavy atom. The van der Waals surface area contributed by atoms with Crippen LogP contribution in [0.5, 0.6) is 0 Å². The normalized spacial score (nSPS) is 7.33. The van der Waals surface area contributed by atoms with Gasteiger partial charge in [-0.1, -0.05) is 6.58 Å². The number of allylic oxidation sites excluding steroid dienone is 1. The Hall–Kier alpha value is -0.551. The molecule has 12 heavy (non-hydrogen) atoms. The van der Waals surface area contributed by atoms with E-state index in [1.54, 1.807) is 6.07 Å². The van der Waals surface area contributed by atoms with E-state index in [4.69, 9.17) is 5.26 Å². The molecule has 0 atom stereocenters. The van der Waals surface area contributed by atoms with E-state index >= 15 is 0 Å². The third kappa shape index (κ3) is 6.18. The molecule has 0 amide bonds. The van der Waals surface area contributed by atoms with E-state index in [-0.39, 0.29) is 0 Å². The molecule has 0 bridgehead atoms. The molecule has 0 aromatic heterocycles. The molecule has 0 fully saturated rings. The van der Waals surface area contributed by atoms with Gasteiger partial charge in [-0.05, 0) is 0 Å². The molecule has 0 aliphatic carbocycles. The van der Waals surface area contributed by atoms with Crippen molar-refractivity contribution in [3.63, 3.8) is 0 Å². The third-order valence-corrected chi connectivity index (χ3v) is 1.91. The van der Waals surface area contributed by atoms with Gasteiger partial charge in [-0.15, -0.1) is 0 Å². The summed E-state index contributed by atoms with van der Waals surface area (Å²) in [7, 11) is 0. The van der Waals surface area contributed by atoms with Gasteiger partial charge >= 0.3 is 65.1 Å². The zero-order valence-corrected chi connectivity index (χ0v) is 9.63. The number of nitriles is 1. The van der Waals surface area contributed by atoms with Crippen LogP contribution in [0.3, 0.4) is 0 Å². The minimum absolute atomic E-state index is 1.12.